The summed E-state index contributed by atoms with van der Waals surface area (Å²) in [6.45, 7) is 3.82. The summed E-state index contributed by atoms with van der Waals surface area (Å²) >= 11 is 0. The lowest BCUT2D eigenvalue weighted by atomic mass is 9.96. The lowest BCUT2D eigenvalue weighted by molar-refractivity contribution is -0.125. The van der Waals surface area contributed by atoms with E-state index in [0.717, 1.165) is 23.2 Å². The van der Waals surface area contributed by atoms with Crippen LogP contribution in [-0.2, 0) is 14.3 Å². The molecule has 0 bridgehead atoms. The molecule has 3 amide bonds. The Balaban J connectivity index is 1.50. The Bertz CT molecular complexity index is 674. The molecule has 7 heteroatoms. The number of carbonyl (C=O) groups is 3. The fourth-order valence-electron chi connectivity index (χ4n) is 3.03. The molecular weight excluding hydrogens is 310 g/mol. The van der Waals surface area contributed by atoms with Crippen LogP contribution in [0, 0.1) is 6.92 Å². The number of fused-ring (bicyclic) bond motifs is 1. The normalized spacial score (nSPS) is 19.5. The van der Waals surface area contributed by atoms with Crippen molar-refractivity contribution in [2.45, 2.75) is 25.7 Å². The van der Waals surface area contributed by atoms with Gasteiger partial charge < -0.3 is 20.3 Å². The smallest absolute Gasteiger partial charge is 0.409 e. The van der Waals surface area contributed by atoms with E-state index in [1.54, 1.807) is 4.90 Å². The van der Waals surface area contributed by atoms with Crippen LogP contribution in [0.3, 0.4) is 0 Å². The Morgan fingerprint density at radius 1 is 1.42 bits per heavy atom. The van der Waals surface area contributed by atoms with Gasteiger partial charge in [0, 0.05) is 31.7 Å². The number of aryl methyl sites for hydroxylation is 1. The molecule has 128 valence electrons. The SMILES string of the molecule is Cc1ccc2c(c1)NC(=O)C2CC(=O)NCCN1CCCOC1=O. The van der Waals surface area contributed by atoms with Gasteiger partial charge in [-0.25, -0.2) is 4.79 Å². The summed E-state index contributed by atoms with van der Waals surface area (Å²) in [5, 5.41) is 5.59. The fourth-order valence-corrected chi connectivity index (χ4v) is 3.03. The molecule has 2 aliphatic rings. The number of carbonyl (C=O) groups excluding carboxylic acids is 3. The summed E-state index contributed by atoms with van der Waals surface area (Å²) in [7, 11) is 0. The third-order valence-corrected chi connectivity index (χ3v) is 4.31. The van der Waals surface area contributed by atoms with Gasteiger partial charge >= 0.3 is 6.09 Å². The van der Waals surface area contributed by atoms with Crippen LogP contribution in [0.1, 0.15) is 29.9 Å². The first-order chi connectivity index (χ1) is 11.5. The number of hydrogen-bond acceptors (Lipinski definition) is 4. The second-order valence-electron chi connectivity index (χ2n) is 6.14. The minimum atomic E-state index is -0.458. The quantitative estimate of drug-likeness (QED) is 0.853. The number of hydrogen-bond donors (Lipinski definition) is 2. The number of ether oxygens (including phenoxy) is 1. The predicted molar refractivity (Wildman–Crippen MR) is 87.7 cm³/mol. The molecule has 0 spiro atoms. The molecule has 1 unspecified atom stereocenters. The molecule has 1 aromatic carbocycles. The summed E-state index contributed by atoms with van der Waals surface area (Å²) in [5.41, 5.74) is 2.71. The lowest BCUT2D eigenvalue weighted by Crippen LogP contribution is -2.42. The lowest BCUT2D eigenvalue weighted by Gasteiger charge is -2.26. The van der Waals surface area contributed by atoms with E-state index in [1.807, 2.05) is 25.1 Å². The maximum absolute atomic E-state index is 12.1. The van der Waals surface area contributed by atoms with Gasteiger partial charge in [0.05, 0.1) is 12.5 Å². The van der Waals surface area contributed by atoms with Crippen LogP contribution in [0.4, 0.5) is 10.5 Å². The molecule has 0 aliphatic carbocycles. The van der Waals surface area contributed by atoms with Crippen molar-refractivity contribution >= 4 is 23.6 Å². The minimum Gasteiger partial charge on any atom is -0.449 e. The van der Waals surface area contributed by atoms with Crippen molar-refractivity contribution in [3.05, 3.63) is 29.3 Å². The van der Waals surface area contributed by atoms with Gasteiger partial charge in [-0.2, -0.15) is 0 Å². The minimum absolute atomic E-state index is 0.104. The van der Waals surface area contributed by atoms with Crippen LogP contribution in [0.5, 0.6) is 0 Å². The van der Waals surface area contributed by atoms with Crippen molar-refractivity contribution < 1.29 is 19.1 Å². The van der Waals surface area contributed by atoms with Gasteiger partial charge in [-0.05, 0) is 30.5 Å². The van der Waals surface area contributed by atoms with Crippen LogP contribution in [0.15, 0.2) is 18.2 Å². The molecule has 2 N–H and O–H groups in total. The van der Waals surface area contributed by atoms with Crippen molar-refractivity contribution in [2.75, 3.05) is 31.6 Å². The van der Waals surface area contributed by atoms with E-state index in [9.17, 15) is 14.4 Å². The third kappa shape index (κ3) is 3.50. The largest absolute Gasteiger partial charge is 0.449 e. The second kappa shape index (κ2) is 6.90. The van der Waals surface area contributed by atoms with Gasteiger partial charge in [-0.15, -0.1) is 0 Å². The molecule has 0 aromatic heterocycles. The topological polar surface area (TPSA) is 87.7 Å². The molecule has 2 heterocycles. The monoisotopic (exact) mass is 331 g/mol. The van der Waals surface area contributed by atoms with E-state index in [0.29, 0.717) is 26.2 Å². The van der Waals surface area contributed by atoms with Crippen LogP contribution < -0.4 is 10.6 Å². The van der Waals surface area contributed by atoms with Gasteiger partial charge in [0.1, 0.15) is 0 Å². The van der Waals surface area contributed by atoms with Gasteiger partial charge in [-0.3, -0.25) is 9.59 Å². The number of anilines is 1. The highest BCUT2D eigenvalue weighted by atomic mass is 16.6. The maximum atomic E-state index is 12.1. The molecule has 7 nitrogen and oxygen atoms in total. The van der Waals surface area contributed by atoms with Gasteiger partial charge in [0.25, 0.3) is 0 Å². The number of nitrogens with zero attached hydrogens (tertiary/aromatic N) is 1. The van der Waals surface area contributed by atoms with Crippen molar-refractivity contribution in [1.82, 2.24) is 10.2 Å². The summed E-state index contributed by atoms with van der Waals surface area (Å²) in [6.07, 6.45) is 0.569. The Hall–Kier alpha value is -2.57. The van der Waals surface area contributed by atoms with Crippen molar-refractivity contribution in [3.63, 3.8) is 0 Å². The molecule has 2 aliphatic heterocycles. The molecule has 1 atom stereocenters. The second-order valence-corrected chi connectivity index (χ2v) is 6.14. The van der Waals surface area contributed by atoms with Crippen LogP contribution >= 0.6 is 0 Å². The number of rotatable bonds is 5. The molecule has 0 saturated carbocycles. The summed E-state index contributed by atoms with van der Waals surface area (Å²) in [6, 6.07) is 5.74. The Morgan fingerprint density at radius 3 is 3.04 bits per heavy atom. The van der Waals surface area contributed by atoms with Crippen LogP contribution in [0.2, 0.25) is 0 Å². The predicted octanol–water partition coefficient (Wildman–Crippen LogP) is 1.38. The number of amides is 3. The highest BCUT2D eigenvalue weighted by Gasteiger charge is 2.32. The Morgan fingerprint density at radius 2 is 2.25 bits per heavy atom. The zero-order valence-corrected chi connectivity index (χ0v) is 13.6. The van der Waals surface area contributed by atoms with Gasteiger partial charge in [0.2, 0.25) is 11.8 Å². The average Bonchev–Trinajstić information content (AvgIpc) is 2.84. The van der Waals surface area contributed by atoms with E-state index in [1.165, 1.54) is 0 Å². The highest BCUT2D eigenvalue weighted by molar-refractivity contribution is 6.05. The standard InChI is InChI=1S/C17H21N3O4/c1-11-3-4-12-13(16(22)19-14(12)9-11)10-15(21)18-5-7-20-6-2-8-24-17(20)23/h3-4,9,13H,2,5-8,10H2,1H3,(H,18,21)(H,19,22). The molecule has 24 heavy (non-hydrogen) atoms. The van der Waals surface area contributed by atoms with Gasteiger partial charge in [-0.1, -0.05) is 12.1 Å². The van der Waals surface area contributed by atoms with E-state index < -0.39 is 5.92 Å². The van der Waals surface area contributed by atoms with Crippen molar-refractivity contribution in [2.24, 2.45) is 0 Å². The van der Waals surface area contributed by atoms with E-state index in [-0.39, 0.29) is 24.3 Å². The number of nitrogens with one attached hydrogen (secondary N) is 2. The molecule has 3 rings (SSSR count). The summed E-state index contributed by atoms with van der Waals surface area (Å²) < 4.78 is 4.94. The molecule has 1 saturated heterocycles. The van der Waals surface area contributed by atoms with E-state index in [4.69, 9.17) is 4.74 Å². The van der Waals surface area contributed by atoms with Crippen molar-refractivity contribution in [1.29, 1.82) is 0 Å². The number of cyclic esters (lactones) is 1. The van der Waals surface area contributed by atoms with E-state index >= 15 is 0 Å². The first-order valence-corrected chi connectivity index (χ1v) is 8.14. The molecule has 0 radical (unpaired) electrons. The Labute approximate surface area is 140 Å². The zero-order chi connectivity index (χ0) is 17.1. The third-order valence-electron chi connectivity index (χ3n) is 4.31. The maximum Gasteiger partial charge on any atom is 0.409 e. The first kappa shape index (κ1) is 16.3. The van der Waals surface area contributed by atoms with Crippen molar-refractivity contribution in [3.8, 4) is 0 Å². The van der Waals surface area contributed by atoms with Crippen LogP contribution in [-0.4, -0.2) is 49.0 Å². The zero-order valence-electron chi connectivity index (χ0n) is 13.6. The fraction of sp³-hybridized carbons (Fsp3) is 0.471. The summed E-state index contributed by atoms with van der Waals surface area (Å²) in [5.74, 6) is -0.806. The van der Waals surface area contributed by atoms with E-state index in [2.05, 4.69) is 10.6 Å². The van der Waals surface area contributed by atoms with Crippen LogP contribution in [0.25, 0.3) is 0 Å². The first-order valence-electron chi connectivity index (χ1n) is 8.14. The Kier molecular flexibility index (Phi) is 4.69. The molecule has 1 aromatic rings. The average molecular weight is 331 g/mol. The van der Waals surface area contributed by atoms with Gasteiger partial charge in [0.15, 0.2) is 0 Å². The molecular formula is C17H21N3O4. The number of benzene rings is 1. The highest BCUT2D eigenvalue weighted by Crippen LogP contribution is 2.35. The summed E-state index contributed by atoms with van der Waals surface area (Å²) in [4.78, 5) is 37.3. The molecule has 1 fully saturated rings.